The second-order valence-electron chi connectivity index (χ2n) is 3.98. The molecule has 80 valence electrons. The maximum absolute atomic E-state index is 11.7. The number of carbonyl (C=O) groups is 1. The highest BCUT2D eigenvalue weighted by atomic mass is 16.5. The summed E-state index contributed by atoms with van der Waals surface area (Å²) in [6.45, 7) is 6.53. The van der Waals surface area contributed by atoms with Gasteiger partial charge in [-0.25, -0.2) is 0 Å². The lowest BCUT2D eigenvalue weighted by Gasteiger charge is -2.08. The molecule has 1 aliphatic heterocycles. The molecule has 0 aromatic rings. The van der Waals surface area contributed by atoms with Gasteiger partial charge in [-0.05, 0) is 19.8 Å². The van der Waals surface area contributed by atoms with E-state index in [0.29, 0.717) is 6.42 Å². The predicted molar refractivity (Wildman–Crippen MR) is 56.3 cm³/mol. The van der Waals surface area contributed by atoms with E-state index in [2.05, 4.69) is 11.9 Å². The Morgan fingerprint density at radius 2 is 2.29 bits per heavy atom. The number of methoxy groups -OCH3 is 1. The molecule has 0 bridgehead atoms. The van der Waals surface area contributed by atoms with Crippen molar-refractivity contribution in [3.8, 4) is 0 Å². The van der Waals surface area contributed by atoms with Crippen LogP contribution in [0.5, 0.6) is 0 Å². The van der Waals surface area contributed by atoms with Gasteiger partial charge in [-0.1, -0.05) is 5.57 Å². The third-order valence-electron chi connectivity index (χ3n) is 2.61. The van der Waals surface area contributed by atoms with Gasteiger partial charge in [-0.3, -0.25) is 4.79 Å². The Morgan fingerprint density at radius 3 is 2.79 bits per heavy atom. The zero-order valence-corrected chi connectivity index (χ0v) is 9.01. The van der Waals surface area contributed by atoms with Crippen LogP contribution in [0.2, 0.25) is 0 Å². The van der Waals surface area contributed by atoms with Crippen LogP contribution in [-0.2, 0) is 9.53 Å². The highest BCUT2D eigenvalue weighted by Gasteiger charge is 2.28. The highest BCUT2D eigenvalue weighted by molar-refractivity contribution is 5.84. The first-order valence-corrected chi connectivity index (χ1v) is 5.06. The van der Waals surface area contributed by atoms with E-state index in [1.807, 2.05) is 6.92 Å². The summed E-state index contributed by atoms with van der Waals surface area (Å²) in [6, 6.07) is -0.000648. The molecule has 1 rings (SSSR count). The van der Waals surface area contributed by atoms with Crippen LogP contribution in [0.15, 0.2) is 12.2 Å². The summed E-state index contributed by atoms with van der Waals surface area (Å²) in [5.41, 5.74) is 1.07. The maximum atomic E-state index is 11.7. The standard InChI is InChI=1S/C11H19NO2/c1-8(2)4-5-11(13)10-6-9(14-3)7-12-10/h9-10,12H,1,4-7H2,2-3H3. The second-order valence-corrected chi connectivity index (χ2v) is 3.98. The molecule has 1 aliphatic rings. The van der Waals surface area contributed by atoms with Gasteiger partial charge in [0.25, 0.3) is 0 Å². The molecule has 0 aromatic heterocycles. The van der Waals surface area contributed by atoms with Gasteiger partial charge in [0.1, 0.15) is 5.78 Å². The van der Waals surface area contributed by atoms with Crippen LogP contribution in [0.1, 0.15) is 26.2 Å². The number of hydrogen-bond donors (Lipinski definition) is 1. The van der Waals surface area contributed by atoms with Crippen molar-refractivity contribution in [2.45, 2.75) is 38.3 Å². The Balaban J connectivity index is 2.28. The first-order chi connectivity index (χ1) is 6.63. The molecule has 0 radical (unpaired) electrons. The van der Waals surface area contributed by atoms with Crippen molar-refractivity contribution in [3.05, 3.63) is 12.2 Å². The minimum atomic E-state index is -0.000648. The molecule has 1 saturated heterocycles. The van der Waals surface area contributed by atoms with E-state index < -0.39 is 0 Å². The molecule has 1 N–H and O–H groups in total. The summed E-state index contributed by atoms with van der Waals surface area (Å²) in [4.78, 5) is 11.7. The summed E-state index contributed by atoms with van der Waals surface area (Å²) >= 11 is 0. The SMILES string of the molecule is C=C(C)CCC(=O)C1CC(OC)CN1. The summed E-state index contributed by atoms with van der Waals surface area (Å²) in [7, 11) is 1.69. The molecule has 2 atom stereocenters. The lowest BCUT2D eigenvalue weighted by molar-refractivity contribution is -0.120. The Labute approximate surface area is 85.5 Å². The molecule has 2 unspecified atom stereocenters. The first-order valence-electron chi connectivity index (χ1n) is 5.06. The van der Waals surface area contributed by atoms with Crippen molar-refractivity contribution < 1.29 is 9.53 Å². The fraction of sp³-hybridized carbons (Fsp3) is 0.727. The number of ketones is 1. The van der Waals surface area contributed by atoms with E-state index in [0.717, 1.165) is 25.0 Å². The van der Waals surface area contributed by atoms with Crippen molar-refractivity contribution in [3.63, 3.8) is 0 Å². The topological polar surface area (TPSA) is 38.3 Å². The van der Waals surface area contributed by atoms with Crippen molar-refractivity contribution in [2.24, 2.45) is 0 Å². The van der Waals surface area contributed by atoms with Crippen molar-refractivity contribution in [1.82, 2.24) is 5.32 Å². The largest absolute Gasteiger partial charge is 0.380 e. The number of carbonyl (C=O) groups excluding carboxylic acids is 1. The van der Waals surface area contributed by atoms with Gasteiger partial charge in [0.05, 0.1) is 12.1 Å². The number of ether oxygens (including phenoxy) is 1. The number of Topliss-reactive ketones (excluding diaryl/α,β-unsaturated/α-hetero) is 1. The van der Waals surface area contributed by atoms with Gasteiger partial charge in [-0.2, -0.15) is 0 Å². The fourth-order valence-corrected chi connectivity index (χ4v) is 1.64. The fourth-order valence-electron chi connectivity index (χ4n) is 1.64. The van der Waals surface area contributed by atoms with Crippen molar-refractivity contribution in [1.29, 1.82) is 0 Å². The van der Waals surface area contributed by atoms with Crippen LogP contribution >= 0.6 is 0 Å². The van der Waals surface area contributed by atoms with Crippen LogP contribution in [0, 0.1) is 0 Å². The molecular formula is C11H19NO2. The number of nitrogens with one attached hydrogen (secondary N) is 1. The van der Waals surface area contributed by atoms with E-state index >= 15 is 0 Å². The molecule has 1 heterocycles. The normalized spacial score (nSPS) is 26.4. The van der Waals surface area contributed by atoms with E-state index in [1.54, 1.807) is 7.11 Å². The van der Waals surface area contributed by atoms with Crippen LogP contribution in [-0.4, -0.2) is 31.6 Å². The summed E-state index contributed by atoms with van der Waals surface area (Å²) in [5, 5.41) is 3.18. The van der Waals surface area contributed by atoms with Gasteiger partial charge < -0.3 is 10.1 Å². The predicted octanol–water partition coefficient (Wildman–Crippen LogP) is 1.29. The number of hydrogen-bond acceptors (Lipinski definition) is 3. The molecule has 14 heavy (non-hydrogen) atoms. The molecule has 0 spiro atoms. The quantitative estimate of drug-likeness (QED) is 0.675. The highest BCUT2D eigenvalue weighted by Crippen LogP contribution is 2.13. The molecule has 0 aliphatic carbocycles. The van der Waals surface area contributed by atoms with E-state index in [4.69, 9.17) is 4.74 Å². The Hall–Kier alpha value is -0.670. The summed E-state index contributed by atoms with van der Waals surface area (Å²) in [6.07, 6.45) is 2.41. The number of allylic oxidation sites excluding steroid dienone is 1. The molecule has 1 fully saturated rings. The third kappa shape index (κ3) is 3.24. The minimum Gasteiger partial charge on any atom is -0.380 e. The molecule has 3 nitrogen and oxygen atoms in total. The molecule has 0 amide bonds. The molecule has 0 aromatic carbocycles. The monoisotopic (exact) mass is 197 g/mol. The third-order valence-corrected chi connectivity index (χ3v) is 2.61. The van der Waals surface area contributed by atoms with Crippen LogP contribution in [0.25, 0.3) is 0 Å². The van der Waals surface area contributed by atoms with E-state index in [1.165, 1.54) is 0 Å². The lowest BCUT2D eigenvalue weighted by atomic mass is 10.0. The second kappa shape index (κ2) is 5.27. The van der Waals surface area contributed by atoms with Crippen LogP contribution in [0.4, 0.5) is 0 Å². The average Bonchev–Trinajstić information content (AvgIpc) is 2.62. The van der Waals surface area contributed by atoms with E-state index in [9.17, 15) is 4.79 Å². The van der Waals surface area contributed by atoms with Gasteiger partial charge >= 0.3 is 0 Å². The van der Waals surface area contributed by atoms with Gasteiger partial charge in [0.15, 0.2) is 0 Å². The molecule has 3 heteroatoms. The zero-order valence-electron chi connectivity index (χ0n) is 9.01. The van der Waals surface area contributed by atoms with Crippen molar-refractivity contribution in [2.75, 3.05) is 13.7 Å². The first kappa shape index (κ1) is 11.4. The summed E-state index contributed by atoms with van der Waals surface area (Å²) in [5.74, 6) is 0.285. The average molecular weight is 197 g/mol. The van der Waals surface area contributed by atoms with Crippen molar-refractivity contribution >= 4 is 5.78 Å². The van der Waals surface area contributed by atoms with Crippen LogP contribution < -0.4 is 5.32 Å². The van der Waals surface area contributed by atoms with E-state index in [-0.39, 0.29) is 17.9 Å². The minimum absolute atomic E-state index is 0.000648. The Bertz CT molecular complexity index is 225. The molecule has 0 saturated carbocycles. The van der Waals surface area contributed by atoms with Gasteiger partial charge in [0, 0.05) is 20.1 Å². The summed E-state index contributed by atoms with van der Waals surface area (Å²) < 4.78 is 5.18. The van der Waals surface area contributed by atoms with Gasteiger partial charge in [-0.15, -0.1) is 6.58 Å². The maximum Gasteiger partial charge on any atom is 0.150 e. The Kier molecular flexibility index (Phi) is 4.29. The van der Waals surface area contributed by atoms with Gasteiger partial charge in [0.2, 0.25) is 0 Å². The van der Waals surface area contributed by atoms with Crippen LogP contribution in [0.3, 0.4) is 0 Å². The number of rotatable bonds is 5. The smallest absolute Gasteiger partial charge is 0.150 e. The zero-order chi connectivity index (χ0) is 10.6. The lowest BCUT2D eigenvalue weighted by Crippen LogP contribution is -2.30. The Morgan fingerprint density at radius 1 is 1.57 bits per heavy atom. The molecular weight excluding hydrogens is 178 g/mol.